The number of esters is 1. The normalized spacial score (nSPS) is 13.9. The SMILES string of the molecule is Cc1ccc(C2=C(c3ccccc3)C(=O)OC2)c(N=S=O)c1F. The minimum atomic E-state index is -0.565. The van der Waals surface area contributed by atoms with Gasteiger partial charge in [-0.1, -0.05) is 42.5 Å². The van der Waals surface area contributed by atoms with E-state index < -0.39 is 11.8 Å². The summed E-state index contributed by atoms with van der Waals surface area (Å²) in [5.74, 6) is -1.03. The Morgan fingerprint density at radius 2 is 1.91 bits per heavy atom. The molecule has 0 radical (unpaired) electrons. The maximum Gasteiger partial charge on any atom is 0.339 e. The molecule has 2 aromatic rings. The van der Waals surface area contributed by atoms with Crippen molar-refractivity contribution in [2.75, 3.05) is 6.61 Å². The first kappa shape index (κ1) is 15.3. The molecule has 0 N–H and O–H groups in total. The third kappa shape index (κ3) is 2.73. The topological polar surface area (TPSA) is 55.7 Å². The van der Waals surface area contributed by atoms with E-state index in [9.17, 15) is 13.4 Å². The molecule has 0 aromatic heterocycles. The van der Waals surface area contributed by atoms with Crippen LogP contribution in [-0.2, 0) is 21.0 Å². The summed E-state index contributed by atoms with van der Waals surface area (Å²) in [5, 5.41) is 0. The summed E-state index contributed by atoms with van der Waals surface area (Å²) in [6, 6.07) is 12.3. The highest BCUT2D eigenvalue weighted by molar-refractivity contribution is 7.54. The lowest BCUT2D eigenvalue weighted by molar-refractivity contribution is -0.133. The lowest BCUT2D eigenvalue weighted by Crippen LogP contribution is -1.98. The van der Waals surface area contributed by atoms with Gasteiger partial charge in [-0.05, 0) is 18.1 Å². The molecular weight excluding hydrogens is 317 g/mol. The van der Waals surface area contributed by atoms with Crippen LogP contribution < -0.4 is 0 Å². The summed E-state index contributed by atoms with van der Waals surface area (Å²) in [5.41, 5.74) is 2.34. The molecule has 1 aliphatic rings. The first-order valence-corrected chi connectivity index (χ1v) is 7.58. The van der Waals surface area contributed by atoms with E-state index in [-0.39, 0.29) is 23.8 Å². The van der Waals surface area contributed by atoms with Crippen LogP contribution in [0.3, 0.4) is 0 Å². The highest BCUT2D eigenvalue weighted by atomic mass is 32.1. The van der Waals surface area contributed by atoms with Gasteiger partial charge < -0.3 is 4.74 Å². The van der Waals surface area contributed by atoms with Crippen LogP contribution in [0, 0.1) is 12.7 Å². The van der Waals surface area contributed by atoms with E-state index in [4.69, 9.17) is 4.74 Å². The standard InChI is InChI=1S/C17H12FNO3S/c1-10-7-8-12(16(15(10)18)19-23-21)13-9-22-17(20)14(13)11-5-3-2-4-6-11/h2-8H,9H2,1H3. The van der Waals surface area contributed by atoms with Crippen LogP contribution in [0.15, 0.2) is 46.8 Å². The number of aryl methyl sites for hydroxylation is 1. The molecule has 0 atom stereocenters. The second kappa shape index (κ2) is 6.26. The van der Waals surface area contributed by atoms with Crippen LogP contribution in [-0.4, -0.2) is 16.8 Å². The molecule has 1 heterocycles. The number of benzene rings is 2. The minimum absolute atomic E-state index is 0.0254. The van der Waals surface area contributed by atoms with Gasteiger partial charge >= 0.3 is 5.97 Å². The van der Waals surface area contributed by atoms with Crippen LogP contribution in [0.25, 0.3) is 11.1 Å². The van der Waals surface area contributed by atoms with Gasteiger partial charge in [-0.2, -0.15) is 8.57 Å². The molecule has 0 fully saturated rings. The molecule has 1 aliphatic heterocycles. The zero-order valence-corrected chi connectivity index (χ0v) is 13.0. The van der Waals surface area contributed by atoms with Crippen LogP contribution in [0.5, 0.6) is 0 Å². The zero-order valence-electron chi connectivity index (χ0n) is 12.2. The zero-order chi connectivity index (χ0) is 16.4. The number of rotatable bonds is 3. The van der Waals surface area contributed by atoms with E-state index in [1.807, 2.05) is 6.07 Å². The number of cyclic esters (lactones) is 1. The van der Waals surface area contributed by atoms with E-state index in [0.29, 0.717) is 27.8 Å². The molecule has 6 heteroatoms. The molecule has 4 nitrogen and oxygen atoms in total. The second-order valence-corrected chi connectivity index (χ2v) is 5.39. The number of halogens is 1. The molecule has 2 aromatic carbocycles. The van der Waals surface area contributed by atoms with Gasteiger partial charge in [0.25, 0.3) is 0 Å². The number of carbonyl (C=O) groups excluding carboxylic acids is 1. The molecule has 0 spiro atoms. The van der Waals surface area contributed by atoms with Crippen LogP contribution in [0.4, 0.5) is 10.1 Å². The van der Waals surface area contributed by atoms with Gasteiger partial charge in [0.1, 0.15) is 12.3 Å². The summed E-state index contributed by atoms with van der Waals surface area (Å²) in [7, 11) is 0. The summed E-state index contributed by atoms with van der Waals surface area (Å²) in [6.07, 6.45) is 0. The van der Waals surface area contributed by atoms with E-state index >= 15 is 0 Å². The Morgan fingerprint density at radius 1 is 1.17 bits per heavy atom. The van der Waals surface area contributed by atoms with Crippen molar-refractivity contribution >= 4 is 34.3 Å². The summed E-state index contributed by atoms with van der Waals surface area (Å²) < 4.78 is 33.9. The van der Waals surface area contributed by atoms with Crippen molar-refractivity contribution in [3.05, 3.63) is 65.0 Å². The van der Waals surface area contributed by atoms with E-state index in [1.54, 1.807) is 43.3 Å². The maximum atomic E-state index is 14.3. The Labute approximate surface area is 135 Å². The first-order chi connectivity index (χ1) is 11.1. The molecule has 0 aliphatic carbocycles. The number of nitrogens with zero attached hydrogens (tertiary/aromatic N) is 1. The Morgan fingerprint density at radius 3 is 2.61 bits per heavy atom. The summed E-state index contributed by atoms with van der Waals surface area (Å²) in [4.78, 5) is 12.1. The summed E-state index contributed by atoms with van der Waals surface area (Å²) in [6.45, 7) is 1.62. The van der Waals surface area contributed by atoms with Crippen LogP contribution >= 0.6 is 0 Å². The van der Waals surface area contributed by atoms with E-state index in [0.717, 1.165) is 0 Å². The van der Waals surface area contributed by atoms with Crippen molar-refractivity contribution in [1.29, 1.82) is 0 Å². The molecule has 23 heavy (non-hydrogen) atoms. The van der Waals surface area contributed by atoms with Gasteiger partial charge in [-0.15, -0.1) is 0 Å². The molecule has 116 valence electrons. The van der Waals surface area contributed by atoms with Crippen LogP contribution in [0.1, 0.15) is 16.7 Å². The number of hydrogen-bond acceptors (Lipinski definition) is 4. The smallest absolute Gasteiger partial charge is 0.339 e. The quantitative estimate of drug-likeness (QED) is 0.808. The highest BCUT2D eigenvalue weighted by Gasteiger charge is 2.29. The average molecular weight is 329 g/mol. The van der Waals surface area contributed by atoms with Crippen molar-refractivity contribution < 1.29 is 18.1 Å². The fourth-order valence-corrected chi connectivity index (χ4v) is 2.80. The number of hydrogen-bond donors (Lipinski definition) is 0. The van der Waals surface area contributed by atoms with Gasteiger partial charge in [0.2, 0.25) is 11.5 Å². The lowest BCUT2D eigenvalue weighted by Gasteiger charge is -2.09. The van der Waals surface area contributed by atoms with E-state index in [2.05, 4.69) is 4.36 Å². The maximum absolute atomic E-state index is 14.3. The fraction of sp³-hybridized carbons (Fsp3) is 0.118. The van der Waals surface area contributed by atoms with Crippen molar-refractivity contribution in [2.45, 2.75) is 6.92 Å². The van der Waals surface area contributed by atoms with Gasteiger partial charge in [0.05, 0.1) is 5.57 Å². The van der Waals surface area contributed by atoms with E-state index in [1.165, 1.54) is 0 Å². The van der Waals surface area contributed by atoms with Crippen LogP contribution in [0.2, 0.25) is 0 Å². The van der Waals surface area contributed by atoms with Crippen molar-refractivity contribution in [1.82, 2.24) is 0 Å². The van der Waals surface area contributed by atoms with Crippen molar-refractivity contribution in [3.8, 4) is 0 Å². The predicted octanol–water partition coefficient (Wildman–Crippen LogP) is 3.63. The average Bonchev–Trinajstić information content (AvgIpc) is 2.94. The molecule has 0 saturated heterocycles. The fourth-order valence-electron chi connectivity index (χ4n) is 2.55. The molecule has 3 rings (SSSR count). The minimum Gasteiger partial charge on any atom is -0.457 e. The third-order valence-electron chi connectivity index (χ3n) is 3.68. The second-order valence-electron chi connectivity index (χ2n) is 5.05. The molecule has 0 amide bonds. The van der Waals surface area contributed by atoms with Gasteiger partial charge in [0.15, 0.2) is 5.82 Å². The lowest BCUT2D eigenvalue weighted by atomic mass is 9.95. The predicted molar refractivity (Wildman–Crippen MR) is 85.6 cm³/mol. The largest absolute Gasteiger partial charge is 0.457 e. The number of carbonyl (C=O) groups is 1. The van der Waals surface area contributed by atoms with Gasteiger partial charge in [-0.3, -0.25) is 0 Å². The Hall–Kier alpha value is -2.60. The number of ether oxygens (including phenoxy) is 1. The first-order valence-electron chi connectivity index (χ1n) is 6.88. The Kier molecular flexibility index (Phi) is 4.16. The molecule has 0 unspecified atom stereocenters. The molecule has 0 saturated carbocycles. The molecule has 0 bridgehead atoms. The molecular formula is C17H12FNO3S. The van der Waals surface area contributed by atoms with Crippen molar-refractivity contribution in [2.24, 2.45) is 4.36 Å². The monoisotopic (exact) mass is 329 g/mol. The third-order valence-corrected chi connectivity index (χ3v) is 3.94. The highest BCUT2D eigenvalue weighted by Crippen LogP contribution is 2.38. The van der Waals surface area contributed by atoms with Gasteiger partial charge in [-0.25, -0.2) is 9.18 Å². The summed E-state index contributed by atoms with van der Waals surface area (Å²) >= 11 is -0.0649. The Bertz CT molecular complexity index is 871. The Balaban J connectivity index is 2.28. The van der Waals surface area contributed by atoms with Gasteiger partial charge in [0, 0.05) is 11.1 Å². The van der Waals surface area contributed by atoms with Crippen molar-refractivity contribution in [3.63, 3.8) is 0 Å².